The highest BCUT2D eigenvalue weighted by Crippen LogP contribution is 2.37. The van der Waals surface area contributed by atoms with Crippen LogP contribution in [0.2, 0.25) is 0 Å². The summed E-state index contributed by atoms with van der Waals surface area (Å²) in [5.41, 5.74) is -0.658. The fourth-order valence-corrected chi connectivity index (χ4v) is 3.25. The van der Waals surface area contributed by atoms with E-state index >= 15 is 0 Å². The second-order valence-electron chi connectivity index (χ2n) is 5.51. The molecule has 0 unspecified atom stereocenters. The standard InChI is InChI=1S/C15H25N3O2/c1-4-15(5-2,14(19)20-6-3)13-17-16-11-18(13)12-9-7-8-10-12/h11-12H,4-10H2,1-3H3. The highest BCUT2D eigenvalue weighted by Gasteiger charge is 2.43. The van der Waals surface area contributed by atoms with Gasteiger partial charge in [-0.15, -0.1) is 10.2 Å². The van der Waals surface area contributed by atoms with Gasteiger partial charge in [-0.25, -0.2) is 0 Å². The monoisotopic (exact) mass is 279 g/mol. The van der Waals surface area contributed by atoms with Crippen molar-refractivity contribution in [2.24, 2.45) is 0 Å². The molecule has 1 aliphatic carbocycles. The van der Waals surface area contributed by atoms with Crippen molar-refractivity contribution in [3.63, 3.8) is 0 Å². The van der Waals surface area contributed by atoms with Crippen molar-refractivity contribution in [2.75, 3.05) is 6.61 Å². The molecule has 0 spiro atoms. The molecule has 20 heavy (non-hydrogen) atoms. The van der Waals surface area contributed by atoms with Gasteiger partial charge in [-0.1, -0.05) is 26.7 Å². The van der Waals surface area contributed by atoms with Gasteiger partial charge in [0.1, 0.15) is 11.7 Å². The summed E-state index contributed by atoms with van der Waals surface area (Å²) in [4.78, 5) is 12.5. The minimum Gasteiger partial charge on any atom is -0.465 e. The van der Waals surface area contributed by atoms with E-state index in [2.05, 4.69) is 14.8 Å². The minimum absolute atomic E-state index is 0.169. The van der Waals surface area contributed by atoms with Gasteiger partial charge in [0.15, 0.2) is 5.82 Å². The maximum atomic E-state index is 12.5. The number of nitrogens with zero attached hydrogens (tertiary/aromatic N) is 3. The molecule has 0 N–H and O–H groups in total. The summed E-state index contributed by atoms with van der Waals surface area (Å²) in [7, 11) is 0. The van der Waals surface area contributed by atoms with Crippen LogP contribution in [0.25, 0.3) is 0 Å². The fourth-order valence-electron chi connectivity index (χ4n) is 3.25. The average Bonchev–Trinajstić information content (AvgIpc) is 3.12. The lowest BCUT2D eigenvalue weighted by atomic mass is 9.81. The first kappa shape index (κ1) is 15.0. The Kier molecular flexibility index (Phi) is 4.78. The molecular formula is C15H25N3O2. The summed E-state index contributed by atoms with van der Waals surface area (Å²) in [6, 6.07) is 0.437. The Labute approximate surface area is 120 Å². The van der Waals surface area contributed by atoms with Gasteiger partial charge in [0.25, 0.3) is 0 Å². The molecular weight excluding hydrogens is 254 g/mol. The Balaban J connectivity index is 2.39. The van der Waals surface area contributed by atoms with Crippen molar-refractivity contribution >= 4 is 5.97 Å². The molecule has 5 nitrogen and oxygen atoms in total. The number of ether oxygens (including phenoxy) is 1. The first-order chi connectivity index (χ1) is 9.69. The SMILES string of the molecule is CCOC(=O)C(CC)(CC)c1nncn1C1CCCC1. The van der Waals surface area contributed by atoms with Gasteiger partial charge in [0.05, 0.1) is 6.61 Å². The van der Waals surface area contributed by atoms with Crippen LogP contribution in [-0.2, 0) is 14.9 Å². The summed E-state index contributed by atoms with van der Waals surface area (Å²) in [6.45, 7) is 6.29. The Hall–Kier alpha value is -1.39. The molecule has 5 heteroatoms. The predicted molar refractivity (Wildman–Crippen MR) is 76.4 cm³/mol. The van der Waals surface area contributed by atoms with Crippen LogP contribution in [0.4, 0.5) is 0 Å². The quantitative estimate of drug-likeness (QED) is 0.751. The molecule has 1 heterocycles. The first-order valence-electron chi connectivity index (χ1n) is 7.76. The van der Waals surface area contributed by atoms with Crippen molar-refractivity contribution in [1.29, 1.82) is 0 Å². The highest BCUT2D eigenvalue weighted by atomic mass is 16.5. The molecule has 0 radical (unpaired) electrons. The van der Waals surface area contributed by atoms with Gasteiger partial charge in [0.2, 0.25) is 0 Å². The smallest absolute Gasteiger partial charge is 0.319 e. The molecule has 0 amide bonds. The van der Waals surface area contributed by atoms with Crippen molar-refractivity contribution < 1.29 is 9.53 Å². The van der Waals surface area contributed by atoms with Crippen LogP contribution < -0.4 is 0 Å². The second-order valence-corrected chi connectivity index (χ2v) is 5.51. The molecule has 2 rings (SSSR count). The largest absolute Gasteiger partial charge is 0.465 e. The molecule has 0 bridgehead atoms. The molecule has 1 aliphatic rings. The van der Waals surface area contributed by atoms with Crippen LogP contribution in [0.15, 0.2) is 6.33 Å². The Morgan fingerprint density at radius 1 is 1.35 bits per heavy atom. The van der Waals surface area contributed by atoms with E-state index in [4.69, 9.17) is 4.74 Å². The van der Waals surface area contributed by atoms with Crippen LogP contribution in [0.3, 0.4) is 0 Å². The number of hydrogen-bond donors (Lipinski definition) is 0. The average molecular weight is 279 g/mol. The topological polar surface area (TPSA) is 57.0 Å². The van der Waals surface area contributed by atoms with Crippen molar-refractivity contribution in [3.05, 3.63) is 12.2 Å². The van der Waals surface area contributed by atoms with E-state index in [1.807, 2.05) is 20.8 Å². The molecule has 1 aromatic heterocycles. The molecule has 1 saturated carbocycles. The third-order valence-electron chi connectivity index (χ3n) is 4.59. The van der Waals surface area contributed by atoms with Gasteiger partial charge >= 0.3 is 5.97 Å². The summed E-state index contributed by atoms with van der Waals surface area (Å²) < 4.78 is 7.43. The van der Waals surface area contributed by atoms with E-state index in [1.165, 1.54) is 12.8 Å². The van der Waals surface area contributed by atoms with Gasteiger partial charge in [0, 0.05) is 6.04 Å². The van der Waals surface area contributed by atoms with Crippen LogP contribution in [-0.4, -0.2) is 27.3 Å². The zero-order valence-electron chi connectivity index (χ0n) is 12.8. The minimum atomic E-state index is -0.658. The van der Waals surface area contributed by atoms with Gasteiger partial charge in [-0.05, 0) is 32.6 Å². The Morgan fingerprint density at radius 3 is 2.55 bits per heavy atom. The van der Waals surface area contributed by atoms with E-state index in [1.54, 1.807) is 6.33 Å². The molecule has 1 fully saturated rings. The van der Waals surface area contributed by atoms with Crippen molar-refractivity contribution in [3.8, 4) is 0 Å². The van der Waals surface area contributed by atoms with Gasteiger partial charge < -0.3 is 9.30 Å². The van der Waals surface area contributed by atoms with E-state index in [0.717, 1.165) is 18.7 Å². The third-order valence-corrected chi connectivity index (χ3v) is 4.59. The summed E-state index contributed by atoms with van der Waals surface area (Å²) in [5.74, 6) is 0.616. The lowest BCUT2D eigenvalue weighted by molar-refractivity contribution is -0.151. The highest BCUT2D eigenvalue weighted by molar-refractivity contribution is 5.82. The van der Waals surface area contributed by atoms with E-state index < -0.39 is 5.41 Å². The van der Waals surface area contributed by atoms with Crippen molar-refractivity contribution in [1.82, 2.24) is 14.8 Å². The lowest BCUT2D eigenvalue weighted by Gasteiger charge is -2.29. The van der Waals surface area contributed by atoms with E-state index in [0.29, 0.717) is 25.5 Å². The number of carbonyl (C=O) groups excluding carboxylic acids is 1. The maximum absolute atomic E-state index is 12.5. The lowest BCUT2D eigenvalue weighted by Crippen LogP contribution is -2.39. The molecule has 112 valence electrons. The molecule has 0 saturated heterocycles. The maximum Gasteiger partial charge on any atom is 0.319 e. The number of hydrogen-bond acceptors (Lipinski definition) is 4. The second kappa shape index (κ2) is 6.37. The number of esters is 1. The first-order valence-corrected chi connectivity index (χ1v) is 7.76. The molecule has 0 aliphatic heterocycles. The van der Waals surface area contributed by atoms with E-state index in [9.17, 15) is 4.79 Å². The fraction of sp³-hybridized carbons (Fsp3) is 0.800. The zero-order chi connectivity index (χ0) is 14.6. The molecule has 1 aromatic rings. The van der Waals surface area contributed by atoms with Crippen molar-refractivity contribution in [2.45, 2.75) is 70.8 Å². The van der Waals surface area contributed by atoms with Gasteiger partial charge in [-0.3, -0.25) is 4.79 Å². The van der Waals surface area contributed by atoms with Gasteiger partial charge in [-0.2, -0.15) is 0 Å². The van der Waals surface area contributed by atoms with Crippen LogP contribution in [0.1, 0.15) is 71.2 Å². The van der Waals surface area contributed by atoms with Crippen LogP contribution in [0, 0.1) is 0 Å². The summed E-state index contributed by atoms with van der Waals surface area (Å²) in [6.07, 6.45) is 7.95. The van der Waals surface area contributed by atoms with Crippen LogP contribution >= 0.6 is 0 Å². The molecule has 0 aromatic carbocycles. The number of carbonyl (C=O) groups is 1. The van der Waals surface area contributed by atoms with Crippen LogP contribution in [0.5, 0.6) is 0 Å². The number of aromatic nitrogens is 3. The number of rotatable bonds is 6. The zero-order valence-corrected chi connectivity index (χ0v) is 12.8. The predicted octanol–water partition coefficient (Wildman–Crippen LogP) is 3.01. The summed E-state index contributed by atoms with van der Waals surface area (Å²) in [5, 5.41) is 8.37. The normalized spacial score (nSPS) is 16.6. The Bertz CT molecular complexity index is 446. The third kappa shape index (κ3) is 2.45. The molecule has 0 atom stereocenters. The summed E-state index contributed by atoms with van der Waals surface area (Å²) >= 11 is 0. The Morgan fingerprint density at radius 2 is 2.00 bits per heavy atom. The van der Waals surface area contributed by atoms with E-state index in [-0.39, 0.29) is 5.97 Å².